The smallest absolute Gasteiger partial charge is 0.182 e. The van der Waals surface area contributed by atoms with Crippen molar-refractivity contribution in [3.05, 3.63) is 53.3 Å². The van der Waals surface area contributed by atoms with E-state index in [1.165, 1.54) is 18.2 Å². The molecule has 0 aliphatic rings. The van der Waals surface area contributed by atoms with Crippen molar-refractivity contribution in [2.45, 2.75) is 0 Å². The highest BCUT2D eigenvalue weighted by molar-refractivity contribution is 5.77. The number of nitriles is 1. The Balaban J connectivity index is 2.45. The van der Waals surface area contributed by atoms with E-state index in [1.807, 2.05) is 6.07 Å². The second kappa shape index (κ2) is 4.90. The number of halogens is 3. The monoisotopic (exact) mass is 263 g/mol. The lowest BCUT2D eigenvalue weighted by molar-refractivity contribution is 0.498. The van der Waals surface area contributed by atoms with Gasteiger partial charge in [-0.15, -0.1) is 0 Å². The largest absolute Gasteiger partial charge is 0.396 e. The van der Waals surface area contributed by atoms with Gasteiger partial charge in [0.15, 0.2) is 11.6 Å². The Hall–Kier alpha value is -2.68. The number of hydrogen-bond acceptors (Lipinski definition) is 3. The summed E-state index contributed by atoms with van der Waals surface area (Å²) in [6.07, 6.45) is 0. The summed E-state index contributed by atoms with van der Waals surface area (Å²) < 4.78 is 39.5. The first kappa shape index (κ1) is 12.8. The van der Waals surface area contributed by atoms with Gasteiger partial charge in [0, 0.05) is 12.1 Å². The fourth-order valence-corrected chi connectivity index (χ4v) is 1.56. The van der Waals surface area contributed by atoms with Crippen LogP contribution in [0.25, 0.3) is 0 Å². The van der Waals surface area contributed by atoms with E-state index in [2.05, 4.69) is 5.32 Å². The van der Waals surface area contributed by atoms with Gasteiger partial charge >= 0.3 is 0 Å². The highest BCUT2D eigenvalue weighted by atomic mass is 19.2. The van der Waals surface area contributed by atoms with E-state index < -0.39 is 17.5 Å². The van der Waals surface area contributed by atoms with Gasteiger partial charge in [-0.2, -0.15) is 5.26 Å². The SMILES string of the molecule is N#Cc1cccc(Nc2cc(F)cc(F)c2F)c1N. The Morgan fingerprint density at radius 2 is 1.84 bits per heavy atom. The molecule has 0 fully saturated rings. The minimum atomic E-state index is -1.31. The zero-order valence-corrected chi connectivity index (χ0v) is 9.55. The maximum Gasteiger partial charge on any atom is 0.182 e. The van der Waals surface area contributed by atoms with Crippen LogP contribution in [0.1, 0.15) is 5.56 Å². The van der Waals surface area contributed by atoms with Gasteiger partial charge in [0.05, 0.1) is 22.6 Å². The minimum absolute atomic E-state index is 0.0778. The molecule has 96 valence electrons. The average Bonchev–Trinajstić information content (AvgIpc) is 2.37. The molecule has 0 aliphatic heterocycles. The Kier molecular flexibility index (Phi) is 3.29. The Morgan fingerprint density at radius 3 is 2.53 bits per heavy atom. The van der Waals surface area contributed by atoms with Crippen molar-refractivity contribution in [1.29, 1.82) is 5.26 Å². The fraction of sp³-hybridized carbons (Fsp3) is 0. The second-order valence-corrected chi connectivity index (χ2v) is 3.75. The molecule has 2 aromatic carbocycles. The van der Waals surface area contributed by atoms with Crippen LogP contribution in [0.2, 0.25) is 0 Å². The first-order chi connectivity index (χ1) is 9.02. The quantitative estimate of drug-likeness (QED) is 0.645. The number of anilines is 3. The Bertz CT molecular complexity index is 678. The van der Waals surface area contributed by atoms with E-state index >= 15 is 0 Å². The molecule has 6 heteroatoms. The number of nitrogen functional groups attached to an aromatic ring is 1. The predicted molar refractivity (Wildman–Crippen MR) is 65.2 cm³/mol. The van der Waals surface area contributed by atoms with Crippen molar-refractivity contribution in [3.8, 4) is 6.07 Å². The molecule has 3 N–H and O–H groups in total. The summed E-state index contributed by atoms with van der Waals surface area (Å²) in [5.74, 6) is -3.45. The van der Waals surface area contributed by atoms with Crippen molar-refractivity contribution in [1.82, 2.24) is 0 Å². The molecule has 3 nitrogen and oxygen atoms in total. The highest BCUT2D eigenvalue weighted by Crippen LogP contribution is 2.28. The van der Waals surface area contributed by atoms with Crippen LogP contribution in [0.4, 0.5) is 30.2 Å². The van der Waals surface area contributed by atoms with Gasteiger partial charge in [0.2, 0.25) is 0 Å². The fourth-order valence-electron chi connectivity index (χ4n) is 1.56. The van der Waals surface area contributed by atoms with Crippen molar-refractivity contribution in [3.63, 3.8) is 0 Å². The topological polar surface area (TPSA) is 61.8 Å². The lowest BCUT2D eigenvalue weighted by atomic mass is 10.1. The molecular formula is C13H8F3N3. The first-order valence-corrected chi connectivity index (χ1v) is 5.23. The van der Waals surface area contributed by atoms with Gasteiger partial charge in [0.1, 0.15) is 11.9 Å². The molecule has 0 saturated heterocycles. The van der Waals surface area contributed by atoms with E-state index in [4.69, 9.17) is 11.0 Å². The van der Waals surface area contributed by atoms with Crippen LogP contribution in [0.15, 0.2) is 30.3 Å². The van der Waals surface area contributed by atoms with Crippen LogP contribution in [-0.2, 0) is 0 Å². The van der Waals surface area contributed by atoms with Gasteiger partial charge in [-0.3, -0.25) is 0 Å². The molecule has 0 spiro atoms. The molecule has 0 heterocycles. The maximum atomic E-state index is 13.5. The van der Waals surface area contributed by atoms with E-state index in [1.54, 1.807) is 0 Å². The van der Waals surface area contributed by atoms with Gasteiger partial charge in [-0.1, -0.05) is 6.07 Å². The highest BCUT2D eigenvalue weighted by Gasteiger charge is 2.13. The normalized spacial score (nSPS) is 10.0. The third-order valence-electron chi connectivity index (χ3n) is 2.49. The zero-order chi connectivity index (χ0) is 14.0. The molecule has 0 atom stereocenters. The number of hydrogen-bond donors (Lipinski definition) is 2. The number of para-hydroxylation sites is 1. The molecule has 0 aliphatic carbocycles. The van der Waals surface area contributed by atoms with Crippen molar-refractivity contribution >= 4 is 17.1 Å². The molecule has 0 amide bonds. The maximum absolute atomic E-state index is 13.5. The van der Waals surface area contributed by atoms with Crippen molar-refractivity contribution in [2.75, 3.05) is 11.1 Å². The third-order valence-corrected chi connectivity index (χ3v) is 2.49. The summed E-state index contributed by atoms with van der Waals surface area (Å²) in [6, 6.07) is 7.56. The second-order valence-electron chi connectivity index (χ2n) is 3.75. The molecule has 0 radical (unpaired) electrons. The number of benzene rings is 2. The lowest BCUT2D eigenvalue weighted by Gasteiger charge is -2.11. The van der Waals surface area contributed by atoms with E-state index in [0.717, 1.165) is 6.07 Å². The van der Waals surface area contributed by atoms with Crippen LogP contribution >= 0.6 is 0 Å². The summed E-state index contributed by atoms with van der Waals surface area (Å²) in [5, 5.41) is 11.3. The summed E-state index contributed by atoms with van der Waals surface area (Å²) >= 11 is 0. The average molecular weight is 263 g/mol. The van der Waals surface area contributed by atoms with E-state index in [-0.39, 0.29) is 22.6 Å². The van der Waals surface area contributed by atoms with Crippen LogP contribution < -0.4 is 11.1 Å². The van der Waals surface area contributed by atoms with Gasteiger partial charge in [-0.25, -0.2) is 13.2 Å². The third kappa shape index (κ3) is 2.45. The van der Waals surface area contributed by atoms with E-state index in [9.17, 15) is 13.2 Å². The van der Waals surface area contributed by atoms with Crippen LogP contribution in [0.3, 0.4) is 0 Å². The van der Waals surface area contributed by atoms with Gasteiger partial charge in [-0.05, 0) is 12.1 Å². The molecule has 0 aromatic heterocycles. The van der Waals surface area contributed by atoms with Crippen LogP contribution in [-0.4, -0.2) is 0 Å². The summed E-state index contributed by atoms with van der Waals surface area (Å²) in [5.41, 5.74) is 5.74. The molecule has 2 rings (SSSR count). The number of nitrogens with two attached hydrogens (primary N) is 1. The lowest BCUT2D eigenvalue weighted by Crippen LogP contribution is -2.02. The van der Waals surface area contributed by atoms with Crippen LogP contribution in [0, 0.1) is 28.8 Å². The van der Waals surface area contributed by atoms with E-state index in [0.29, 0.717) is 6.07 Å². The summed E-state index contributed by atoms with van der Waals surface area (Å²) in [6.45, 7) is 0. The molecule has 0 bridgehead atoms. The first-order valence-electron chi connectivity index (χ1n) is 5.23. The van der Waals surface area contributed by atoms with Crippen LogP contribution in [0.5, 0.6) is 0 Å². The number of nitrogens with zero attached hydrogens (tertiary/aromatic N) is 1. The Morgan fingerprint density at radius 1 is 1.11 bits per heavy atom. The number of rotatable bonds is 2. The molecule has 0 unspecified atom stereocenters. The zero-order valence-electron chi connectivity index (χ0n) is 9.55. The molecule has 0 saturated carbocycles. The Labute approximate surface area is 107 Å². The minimum Gasteiger partial charge on any atom is -0.396 e. The van der Waals surface area contributed by atoms with Crippen molar-refractivity contribution in [2.24, 2.45) is 0 Å². The van der Waals surface area contributed by atoms with Crippen molar-refractivity contribution < 1.29 is 13.2 Å². The summed E-state index contributed by atoms with van der Waals surface area (Å²) in [7, 11) is 0. The summed E-state index contributed by atoms with van der Waals surface area (Å²) in [4.78, 5) is 0. The molecule has 2 aromatic rings. The molecule has 19 heavy (non-hydrogen) atoms. The molecular weight excluding hydrogens is 255 g/mol. The number of nitrogens with one attached hydrogen (secondary N) is 1. The predicted octanol–water partition coefficient (Wildman–Crippen LogP) is 3.30. The van der Waals surface area contributed by atoms with Gasteiger partial charge < -0.3 is 11.1 Å². The van der Waals surface area contributed by atoms with Gasteiger partial charge in [0.25, 0.3) is 0 Å². The standard InChI is InChI=1S/C13H8F3N3/c14-8-4-9(15)12(16)11(5-8)19-10-3-1-2-7(6-17)13(10)18/h1-5,19H,18H2.